The Morgan fingerprint density at radius 2 is 1.97 bits per heavy atom. The minimum absolute atomic E-state index is 0.0408. The fraction of sp³-hybridized carbons (Fsp3) is 0.739. The van der Waals surface area contributed by atoms with Crippen molar-refractivity contribution in [1.29, 1.82) is 0 Å². The van der Waals surface area contributed by atoms with Crippen LogP contribution in [0.4, 0.5) is 10.2 Å². The van der Waals surface area contributed by atoms with Gasteiger partial charge in [-0.15, -0.1) is 0 Å². The predicted octanol–water partition coefficient (Wildman–Crippen LogP) is 2.77. The lowest BCUT2D eigenvalue weighted by molar-refractivity contribution is -0.121. The summed E-state index contributed by atoms with van der Waals surface area (Å²) in [4.78, 5) is 16.6. The molecule has 0 radical (unpaired) electrons. The van der Waals surface area contributed by atoms with Crippen LogP contribution in [0.15, 0.2) is 10.6 Å². The summed E-state index contributed by atoms with van der Waals surface area (Å²) < 4.78 is 42.0. The van der Waals surface area contributed by atoms with E-state index in [0.29, 0.717) is 17.5 Å². The molecule has 1 aliphatic heterocycles. The van der Waals surface area contributed by atoms with Crippen molar-refractivity contribution in [2.75, 3.05) is 49.6 Å². The third kappa shape index (κ3) is 6.95. The maximum atomic E-state index is 14.2. The van der Waals surface area contributed by atoms with Crippen LogP contribution in [0.25, 0.3) is 6.08 Å². The molecule has 2 fully saturated rings. The fourth-order valence-corrected chi connectivity index (χ4v) is 5.83. The molecule has 1 unspecified atom stereocenters. The van der Waals surface area contributed by atoms with Gasteiger partial charge in [0.25, 0.3) is 0 Å². The second-order valence-corrected chi connectivity index (χ2v) is 12.8. The quantitative estimate of drug-likeness (QED) is 0.531. The number of amides is 1. The first kappa shape index (κ1) is 25.4. The van der Waals surface area contributed by atoms with Crippen molar-refractivity contribution < 1.29 is 22.1 Å². The number of carbonyl (C=O) groups excluding carboxylic acids is 1. The van der Waals surface area contributed by atoms with Gasteiger partial charge >= 0.3 is 0 Å². The molecule has 11 heteroatoms. The standard InChI is InChI=1S/C23H34ClFN4O4S/c1-34(31,32)15-8-21(30)26-18-4-2-17(3-5-18)7-10-28-11-13-29(14-12-28)22-19-16-23(24,25)9-6-20(19)33-27-22/h6,9,17-18H,2-5,7-8,10-16H2,1H3,(H,26,30). The number of piperazine rings is 1. The largest absolute Gasteiger partial charge is 0.354 e. The van der Waals surface area contributed by atoms with Gasteiger partial charge in [0.05, 0.1) is 5.75 Å². The molecule has 34 heavy (non-hydrogen) atoms. The Balaban J connectivity index is 1.15. The van der Waals surface area contributed by atoms with Crippen molar-refractivity contribution in [2.24, 2.45) is 5.92 Å². The van der Waals surface area contributed by atoms with Crippen molar-refractivity contribution in [3.8, 4) is 0 Å². The van der Waals surface area contributed by atoms with Gasteiger partial charge in [0, 0.05) is 56.9 Å². The van der Waals surface area contributed by atoms with Crippen LogP contribution in [0.3, 0.4) is 0 Å². The number of hydrogen-bond acceptors (Lipinski definition) is 7. The summed E-state index contributed by atoms with van der Waals surface area (Å²) in [6.45, 7) is 4.52. The second-order valence-electron chi connectivity index (χ2n) is 9.90. The number of nitrogens with zero attached hydrogens (tertiary/aromatic N) is 3. The van der Waals surface area contributed by atoms with E-state index in [2.05, 4.69) is 20.3 Å². The van der Waals surface area contributed by atoms with Crippen LogP contribution < -0.4 is 10.2 Å². The molecule has 1 saturated carbocycles. The molecule has 1 saturated heterocycles. The highest BCUT2D eigenvalue weighted by atomic mass is 35.5. The predicted molar refractivity (Wildman–Crippen MR) is 130 cm³/mol. The lowest BCUT2D eigenvalue weighted by atomic mass is 9.84. The minimum atomic E-state index is -3.11. The molecular weight excluding hydrogens is 483 g/mol. The third-order valence-corrected chi connectivity index (χ3v) is 8.33. The highest BCUT2D eigenvalue weighted by molar-refractivity contribution is 7.90. The molecule has 2 aliphatic carbocycles. The molecular formula is C23H34ClFN4O4S. The van der Waals surface area contributed by atoms with Gasteiger partial charge in [-0.3, -0.25) is 9.69 Å². The number of alkyl halides is 2. The van der Waals surface area contributed by atoms with Gasteiger partial charge in [0.2, 0.25) is 11.0 Å². The van der Waals surface area contributed by atoms with Gasteiger partial charge in [-0.05, 0) is 56.7 Å². The van der Waals surface area contributed by atoms with E-state index in [1.165, 1.54) is 6.08 Å². The number of anilines is 1. The van der Waals surface area contributed by atoms with Gasteiger partial charge in [0.1, 0.15) is 9.84 Å². The van der Waals surface area contributed by atoms with Crippen molar-refractivity contribution >= 4 is 39.2 Å². The summed E-state index contributed by atoms with van der Waals surface area (Å²) in [7, 11) is -3.11. The summed E-state index contributed by atoms with van der Waals surface area (Å²) in [6.07, 6.45) is 9.34. The molecule has 0 bridgehead atoms. The van der Waals surface area contributed by atoms with Gasteiger partial charge in [-0.2, -0.15) is 0 Å². The summed E-state index contributed by atoms with van der Waals surface area (Å²) >= 11 is 5.88. The van der Waals surface area contributed by atoms with Crippen LogP contribution in [-0.2, 0) is 21.1 Å². The summed E-state index contributed by atoms with van der Waals surface area (Å²) in [5.74, 6) is 1.69. The molecule has 3 aliphatic rings. The Bertz CT molecular complexity index is 997. The average Bonchev–Trinajstić information content (AvgIpc) is 3.19. The highest BCUT2D eigenvalue weighted by Gasteiger charge is 2.34. The van der Waals surface area contributed by atoms with Gasteiger partial charge < -0.3 is 14.7 Å². The van der Waals surface area contributed by atoms with Crippen LogP contribution in [0.5, 0.6) is 0 Å². The molecule has 0 aromatic carbocycles. The van der Waals surface area contributed by atoms with E-state index in [0.717, 1.165) is 76.6 Å². The van der Waals surface area contributed by atoms with Crippen molar-refractivity contribution in [2.45, 2.75) is 56.1 Å². The zero-order chi connectivity index (χ0) is 24.3. The number of allylic oxidation sites excluding steroid dienone is 1. The van der Waals surface area contributed by atoms with E-state index >= 15 is 0 Å². The van der Waals surface area contributed by atoms with E-state index in [1.54, 1.807) is 6.08 Å². The Morgan fingerprint density at radius 3 is 2.65 bits per heavy atom. The van der Waals surface area contributed by atoms with Crippen LogP contribution in [0.1, 0.15) is 49.8 Å². The van der Waals surface area contributed by atoms with E-state index in [-0.39, 0.29) is 30.5 Å². The first-order valence-electron chi connectivity index (χ1n) is 12.1. The summed E-state index contributed by atoms with van der Waals surface area (Å²) in [5.41, 5.74) is 0.744. The Labute approximate surface area is 205 Å². The van der Waals surface area contributed by atoms with Gasteiger partial charge in [0.15, 0.2) is 11.6 Å². The number of aromatic nitrogens is 1. The van der Waals surface area contributed by atoms with Crippen LogP contribution >= 0.6 is 11.6 Å². The molecule has 190 valence electrons. The number of halogens is 2. The average molecular weight is 517 g/mol. The van der Waals surface area contributed by atoms with E-state index in [9.17, 15) is 17.6 Å². The normalized spacial score (nSPS) is 28.0. The summed E-state index contributed by atoms with van der Waals surface area (Å²) in [5, 5.41) is 5.29. The van der Waals surface area contributed by atoms with Gasteiger partial charge in [-0.1, -0.05) is 16.8 Å². The van der Waals surface area contributed by atoms with Crippen molar-refractivity contribution in [3.05, 3.63) is 17.4 Å². The second kappa shape index (κ2) is 10.5. The monoisotopic (exact) mass is 516 g/mol. The van der Waals surface area contributed by atoms with E-state index in [1.807, 2.05) is 0 Å². The Kier molecular flexibility index (Phi) is 7.89. The van der Waals surface area contributed by atoms with E-state index in [4.69, 9.17) is 16.1 Å². The number of sulfone groups is 1. The molecule has 1 N–H and O–H groups in total. The molecule has 1 aromatic heterocycles. The molecule has 1 amide bonds. The number of nitrogens with one attached hydrogen (secondary N) is 1. The molecule has 2 heterocycles. The zero-order valence-electron chi connectivity index (χ0n) is 19.6. The number of carbonyl (C=O) groups is 1. The third-order valence-electron chi connectivity index (χ3n) is 7.13. The zero-order valence-corrected chi connectivity index (χ0v) is 21.2. The highest BCUT2D eigenvalue weighted by Crippen LogP contribution is 2.37. The maximum absolute atomic E-state index is 14.2. The van der Waals surface area contributed by atoms with E-state index < -0.39 is 15.0 Å². The Hall–Kier alpha value is -1.65. The first-order chi connectivity index (χ1) is 16.1. The van der Waals surface area contributed by atoms with Gasteiger partial charge in [-0.25, -0.2) is 12.8 Å². The SMILES string of the molecule is CS(=O)(=O)CCC(=O)NC1CCC(CCN2CCN(c3noc4c3CC(F)(Cl)C=C4)CC2)CC1. The van der Waals surface area contributed by atoms with Crippen LogP contribution in [0, 0.1) is 5.92 Å². The molecule has 8 nitrogen and oxygen atoms in total. The maximum Gasteiger partial charge on any atom is 0.221 e. The summed E-state index contributed by atoms with van der Waals surface area (Å²) in [6, 6.07) is 0.158. The minimum Gasteiger partial charge on any atom is -0.354 e. The smallest absolute Gasteiger partial charge is 0.221 e. The molecule has 1 aromatic rings. The van der Waals surface area contributed by atoms with Crippen molar-refractivity contribution in [1.82, 2.24) is 15.4 Å². The molecule has 0 spiro atoms. The molecule has 1 atom stereocenters. The fourth-order valence-electron chi connectivity index (χ4n) is 5.07. The molecule has 4 rings (SSSR count). The lowest BCUT2D eigenvalue weighted by Gasteiger charge is -2.36. The first-order valence-corrected chi connectivity index (χ1v) is 14.5. The Morgan fingerprint density at radius 1 is 1.26 bits per heavy atom. The van der Waals surface area contributed by atoms with Crippen LogP contribution in [-0.4, -0.2) is 80.3 Å². The number of rotatable bonds is 8. The number of hydrogen-bond donors (Lipinski definition) is 1. The lowest BCUT2D eigenvalue weighted by Crippen LogP contribution is -2.47. The van der Waals surface area contributed by atoms with Crippen LogP contribution in [0.2, 0.25) is 0 Å². The topological polar surface area (TPSA) is 95.8 Å². The van der Waals surface area contributed by atoms with Crippen molar-refractivity contribution in [3.63, 3.8) is 0 Å². The number of fused-ring (bicyclic) bond motifs is 1.